The van der Waals surface area contributed by atoms with Crippen LogP contribution in [0.3, 0.4) is 0 Å². The van der Waals surface area contributed by atoms with E-state index in [2.05, 4.69) is 0 Å². The third-order valence-electron chi connectivity index (χ3n) is 1.55. The van der Waals surface area contributed by atoms with E-state index in [1.807, 2.05) is 12.1 Å². The molecule has 2 N–H and O–H groups in total. The van der Waals surface area contributed by atoms with Crippen LogP contribution in [0.2, 0.25) is 0 Å². The van der Waals surface area contributed by atoms with Gasteiger partial charge in [0.15, 0.2) is 0 Å². The molecule has 0 amide bonds. The molecule has 1 rings (SSSR count). The highest BCUT2D eigenvalue weighted by molar-refractivity contribution is 5.85. The number of rotatable bonds is 3. The second kappa shape index (κ2) is 5.75. The lowest BCUT2D eigenvalue weighted by molar-refractivity contribution is 0.112. The molecule has 0 atom stereocenters. The van der Waals surface area contributed by atoms with Crippen LogP contribution in [-0.4, -0.2) is 12.8 Å². The van der Waals surface area contributed by atoms with Crippen molar-refractivity contribution < 1.29 is 4.79 Å². The first-order valence-electron chi connectivity index (χ1n) is 3.61. The highest BCUT2D eigenvalue weighted by Gasteiger charge is 1.90. The summed E-state index contributed by atoms with van der Waals surface area (Å²) in [5, 5.41) is 0. The first-order valence-corrected chi connectivity index (χ1v) is 3.61. The monoisotopic (exact) mass is 185 g/mol. The summed E-state index contributed by atoms with van der Waals surface area (Å²) in [6, 6.07) is 7.46. The average molecular weight is 186 g/mol. The lowest BCUT2D eigenvalue weighted by Crippen LogP contribution is -2.02. The maximum absolute atomic E-state index is 10.3. The van der Waals surface area contributed by atoms with E-state index in [0.717, 1.165) is 12.7 Å². The number of nitrogens with two attached hydrogens (primary N) is 1. The Morgan fingerprint density at radius 1 is 1.25 bits per heavy atom. The highest BCUT2D eigenvalue weighted by atomic mass is 35.5. The van der Waals surface area contributed by atoms with Gasteiger partial charge in [0, 0.05) is 5.56 Å². The van der Waals surface area contributed by atoms with Gasteiger partial charge in [0.2, 0.25) is 0 Å². The van der Waals surface area contributed by atoms with Crippen molar-refractivity contribution in [1.82, 2.24) is 0 Å². The van der Waals surface area contributed by atoms with Gasteiger partial charge in [0.05, 0.1) is 0 Å². The summed E-state index contributed by atoms with van der Waals surface area (Å²) in [6.45, 7) is 0.653. The first-order chi connectivity index (χ1) is 5.36. The SMILES string of the molecule is Cl.NCCc1ccc(C=O)cc1. The molecule has 2 nitrogen and oxygen atoms in total. The van der Waals surface area contributed by atoms with E-state index in [1.54, 1.807) is 12.1 Å². The minimum atomic E-state index is 0. The number of carbonyl (C=O) groups is 1. The van der Waals surface area contributed by atoms with Crippen LogP contribution in [0.5, 0.6) is 0 Å². The van der Waals surface area contributed by atoms with Crippen molar-refractivity contribution in [3.05, 3.63) is 35.4 Å². The highest BCUT2D eigenvalue weighted by Crippen LogP contribution is 2.01. The van der Waals surface area contributed by atoms with Gasteiger partial charge in [0.1, 0.15) is 6.29 Å². The Balaban J connectivity index is 0.00000121. The molecule has 0 aliphatic carbocycles. The van der Waals surface area contributed by atoms with Gasteiger partial charge in [-0.1, -0.05) is 24.3 Å². The van der Waals surface area contributed by atoms with Crippen molar-refractivity contribution in [2.24, 2.45) is 5.73 Å². The molecular formula is C9H12ClNO. The second-order valence-corrected chi connectivity index (χ2v) is 2.40. The van der Waals surface area contributed by atoms with Crippen molar-refractivity contribution in [1.29, 1.82) is 0 Å². The van der Waals surface area contributed by atoms with E-state index in [1.165, 1.54) is 5.56 Å². The molecule has 0 bridgehead atoms. The predicted octanol–water partition coefficient (Wildman–Crippen LogP) is 1.42. The Morgan fingerprint density at radius 3 is 2.25 bits per heavy atom. The van der Waals surface area contributed by atoms with Crippen LogP contribution in [0, 0.1) is 0 Å². The second-order valence-electron chi connectivity index (χ2n) is 2.40. The molecule has 1 aromatic carbocycles. The van der Waals surface area contributed by atoms with Crippen LogP contribution >= 0.6 is 12.4 Å². The van der Waals surface area contributed by atoms with Gasteiger partial charge in [0.25, 0.3) is 0 Å². The molecule has 3 heteroatoms. The third-order valence-corrected chi connectivity index (χ3v) is 1.55. The molecule has 0 saturated heterocycles. The number of benzene rings is 1. The Morgan fingerprint density at radius 2 is 1.83 bits per heavy atom. The first kappa shape index (κ1) is 11.1. The molecule has 1 aromatic rings. The molecule has 0 spiro atoms. The summed E-state index contributed by atoms with van der Waals surface area (Å²) in [7, 11) is 0. The summed E-state index contributed by atoms with van der Waals surface area (Å²) in [4.78, 5) is 10.3. The Bertz CT molecular complexity index is 233. The molecule has 0 aromatic heterocycles. The lowest BCUT2D eigenvalue weighted by atomic mass is 10.1. The van der Waals surface area contributed by atoms with Crippen molar-refractivity contribution in [3.63, 3.8) is 0 Å². The molecule has 0 radical (unpaired) electrons. The number of hydrogen-bond donors (Lipinski definition) is 1. The molecule has 0 saturated carbocycles. The molecule has 12 heavy (non-hydrogen) atoms. The standard InChI is InChI=1S/C9H11NO.ClH/c10-6-5-8-1-3-9(7-11)4-2-8;/h1-4,7H,5-6,10H2;1H. The van der Waals surface area contributed by atoms with Crippen LogP contribution in [0.1, 0.15) is 15.9 Å². The molecule has 0 unspecified atom stereocenters. The zero-order chi connectivity index (χ0) is 8.10. The zero-order valence-corrected chi connectivity index (χ0v) is 7.51. The van der Waals surface area contributed by atoms with Crippen molar-refractivity contribution in [2.75, 3.05) is 6.54 Å². The van der Waals surface area contributed by atoms with Crippen LogP contribution in [0.25, 0.3) is 0 Å². The summed E-state index contributed by atoms with van der Waals surface area (Å²) in [6.07, 6.45) is 1.71. The van der Waals surface area contributed by atoms with Crippen molar-refractivity contribution in [3.8, 4) is 0 Å². The van der Waals surface area contributed by atoms with Gasteiger partial charge in [-0.25, -0.2) is 0 Å². The van der Waals surface area contributed by atoms with E-state index in [9.17, 15) is 4.79 Å². The zero-order valence-electron chi connectivity index (χ0n) is 6.69. The predicted molar refractivity (Wildman–Crippen MR) is 51.8 cm³/mol. The quantitative estimate of drug-likeness (QED) is 0.724. The fraction of sp³-hybridized carbons (Fsp3) is 0.222. The van der Waals surface area contributed by atoms with E-state index >= 15 is 0 Å². The summed E-state index contributed by atoms with van der Waals surface area (Å²) in [5.41, 5.74) is 7.25. The number of halogens is 1. The van der Waals surface area contributed by atoms with Crippen molar-refractivity contribution >= 4 is 18.7 Å². The van der Waals surface area contributed by atoms with Gasteiger partial charge >= 0.3 is 0 Å². The molecule has 0 heterocycles. The van der Waals surface area contributed by atoms with Gasteiger partial charge in [-0.3, -0.25) is 4.79 Å². The van der Waals surface area contributed by atoms with Crippen molar-refractivity contribution in [2.45, 2.75) is 6.42 Å². The number of carbonyl (C=O) groups excluding carboxylic acids is 1. The number of hydrogen-bond acceptors (Lipinski definition) is 2. The van der Waals surface area contributed by atoms with E-state index in [4.69, 9.17) is 5.73 Å². The Labute approximate surface area is 78.2 Å². The Kier molecular flexibility index (Phi) is 5.34. The topological polar surface area (TPSA) is 43.1 Å². The van der Waals surface area contributed by atoms with Crippen LogP contribution in [0.4, 0.5) is 0 Å². The number of aldehydes is 1. The maximum atomic E-state index is 10.3. The average Bonchev–Trinajstić information content (AvgIpc) is 2.07. The van der Waals surface area contributed by atoms with E-state index in [0.29, 0.717) is 12.1 Å². The largest absolute Gasteiger partial charge is 0.330 e. The van der Waals surface area contributed by atoms with Gasteiger partial charge < -0.3 is 5.73 Å². The third kappa shape index (κ3) is 3.03. The normalized spacial score (nSPS) is 8.75. The minimum absolute atomic E-state index is 0. The van der Waals surface area contributed by atoms with Crippen LogP contribution < -0.4 is 5.73 Å². The maximum Gasteiger partial charge on any atom is 0.150 e. The Hall–Kier alpha value is -0.860. The molecular weight excluding hydrogens is 174 g/mol. The molecule has 0 fully saturated rings. The lowest BCUT2D eigenvalue weighted by Gasteiger charge is -1.96. The van der Waals surface area contributed by atoms with E-state index in [-0.39, 0.29) is 12.4 Å². The van der Waals surface area contributed by atoms with Gasteiger partial charge in [-0.05, 0) is 18.5 Å². The molecule has 66 valence electrons. The van der Waals surface area contributed by atoms with Gasteiger partial charge in [-0.15, -0.1) is 12.4 Å². The van der Waals surface area contributed by atoms with Crippen LogP contribution in [0.15, 0.2) is 24.3 Å². The fourth-order valence-corrected chi connectivity index (χ4v) is 0.930. The smallest absolute Gasteiger partial charge is 0.150 e. The van der Waals surface area contributed by atoms with E-state index < -0.39 is 0 Å². The summed E-state index contributed by atoms with van der Waals surface area (Å²) >= 11 is 0. The van der Waals surface area contributed by atoms with Gasteiger partial charge in [-0.2, -0.15) is 0 Å². The molecule has 0 aliphatic heterocycles. The summed E-state index contributed by atoms with van der Waals surface area (Å²) < 4.78 is 0. The minimum Gasteiger partial charge on any atom is -0.330 e. The molecule has 0 aliphatic rings. The van der Waals surface area contributed by atoms with Crippen LogP contribution in [-0.2, 0) is 6.42 Å². The summed E-state index contributed by atoms with van der Waals surface area (Å²) in [5.74, 6) is 0. The fourth-order valence-electron chi connectivity index (χ4n) is 0.930.